The summed E-state index contributed by atoms with van der Waals surface area (Å²) in [4.78, 5) is 36.9. The molecule has 4 saturated carbocycles. The van der Waals surface area contributed by atoms with Crippen LogP contribution in [-0.2, 0) is 9.53 Å². The van der Waals surface area contributed by atoms with Crippen LogP contribution in [0.1, 0.15) is 55.8 Å². The fourth-order valence-corrected chi connectivity index (χ4v) is 5.98. The normalized spacial score (nSPS) is 28.0. The molecule has 4 aliphatic rings. The SMILES string of the molecule is CCOc1cc(C(=O)OCC(=O)NC(=O)NC23CC4CC(CC(C4)C2)C3)ccc1OC. The quantitative estimate of drug-likeness (QED) is 0.645. The van der Waals surface area contributed by atoms with E-state index in [4.69, 9.17) is 14.2 Å². The Morgan fingerprint density at radius 1 is 1.03 bits per heavy atom. The van der Waals surface area contributed by atoms with E-state index in [1.165, 1.54) is 38.5 Å². The van der Waals surface area contributed by atoms with Gasteiger partial charge in [0.15, 0.2) is 18.1 Å². The molecule has 0 heterocycles. The number of ether oxygens (including phenoxy) is 3. The summed E-state index contributed by atoms with van der Waals surface area (Å²) in [6.07, 6.45) is 6.80. The van der Waals surface area contributed by atoms with E-state index in [9.17, 15) is 14.4 Å². The molecule has 168 valence electrons. The maximum Gasteiger partial charge on any atom is 0.338 e. The van der Waals surface area contributed by atoms with Crippen LogP contribution in [0, 0.1) is 17.8 Å². The largest absolute Gasteiger partial charge is 0.493 e. The fourth-order valence-electron chi connectivity index (χ4n) is 5.98. The van der Waals surface area contributed by atoms with Gasteiger partial charge in [-0.2, -0.15) is 0 Å². The number of carbonyl (C=O) groups is 3. The second kappa shape index (κ2) is 8.77. The van der Waals surface area contributed by atoms with Gasteiger partial charge in [0.2, 0.25) is 0 Å². The minimum absolute atomic E-state index is 0.186. The lowest BCUT2D eigenvalue weighted by molar-refractivity contribution is -0.123. The van der Waals surface area contributed by atoms with Crippen LogP contribution in [0.15, 0.2) is 18.2 Å². The molecule has 5 rings (SSSR count). The van der Waals surface area contributed by atoms with Crippen molar-refractivity contribution in [2.24, 2.45) is 17.8 Å². The summed E-state index contributed by atoms with van der Waals surface area (Å²) in [6, 6.07) is 4.12. The molecular formula is C23H30N2O6. The van der Waals surface area contributed by atoms with Crippen LogP contribution in [0.25, 0.3) is 0 Å². The van der Waals surface area contributed by atoms with E-state index in [1.54, 1.807) is 6.07 Å². The number of hydrogen-bond acceptors (Lipinski definition) is 6. The Bertz CT molecular complexity index is 832. The van der Waals surface area contributed by atoms with E-state index in [1.807, 2.05) is 6.92 Å². The first-order valence-corrected chi connectivity index (χ1v) is 11.0. The molecule has 0 aromatic heterocycles. The summed E-state index contributed by atoms with van der Waals surface area (Å²) < 4.78 is 15.7. The van der Waals surface area contributed by atoms with Crippen LogP contribution in [-0.4, -0.2) is 43.8 Å². The van der Waals surface area contributed by atoms with Crippen LogP contribution in [0.4, 0.5) is 4.79 Å². The summed E-state index contributed by atoms with van der Waals surface area (Å²) in [5.74, 6) is 1.64. The highest BCUT2D eigenvalue weighted by Crippen LogP contribution is 2.55. The topological polar surface area (TPSA) is 103 Å². The molecule has 1 aromatic rings. The lowest BCUT2D eigenvalue weighted by atomic mass is 9.53. The molecule has 2 N–H and O–H groups in total. The van der Waals surface area contributed by atoms with Crippen molar-refractivity contribution in [2.75, 3.05) is 20.3 Å². The molecule has 1 aromatic carbocycles. The van der Waals surface area contributed by atoms with Crippen molar-refractivity contribution < 1.29 is 28.6 Å². The van der Waals surface area contributed by atoms with Gasteiger partial charge in [-0.3, -0.25) is 10.1 Å². The van der Waals surface area contributed by atoms with Gasteiger partial charge in [-0.05, 0) is 81.4 Å². The number of esters is 1. The van der Waals surface area contributed by atoms with Gasteiger partial charge < -0.3 is 19.5 Å². The van der Waals surface area contributed by atoms with Crippen molar-refractivity contribution in [3.05, 3.63) is 23.8 Å². The molecule has 0 unspecified atom stereocenters. The zero-order valence-electron chi connectivity index (χ0n) is 18.1. The first-order chi connectivity index (χ1) is 14.9. The van der Waals surface area contributed by atoms with E-state index in [0.717, 1.165) is 19.3 Å². The van der Waals surface area contributed by atoms with Crippen LogP contribution in [0.2, 0.25) is 0 Å². The Morgan fingerprint density at radius 3 is 2.26 bits per heavy atom. The van der Waals surface area contributed by atoms with E-state index in [-0.39, 0.29) is 11.1 Å². The van der Waals surface area contributed by atoms with Crippen molar-refractivity contribution in [2.45, 2.75) is 51.0 Å². The van der Waals surface area contributed by atoms with Crippen molar-refractivity contribution in [1.29, 1.82) is 0 Å². The number of amides is 3. The minimum atomic E-state index is -0.680. The summed E-state index contributed by atoms with van der Waals surface area (Å²) in [7, 11) is 1.51. The predicted octanol–water partition coefficient (Wildman–Crippen LogP) is 3.05. The van der Waals surface area contributed by atoms with Crippen LogP contribution in [0.5, 0.6) is 11.5 Å². The summed E-state index contributed by atoms with van der Waals surface area (Å²) in [5, 5.41) is 5.37. The summed E-state index contributed by atoms with van der Waals surface area (Å²) in [5.41, 5.74) is 0.0456. The van der Waals surface area contributed by atoms with E-state index < -0.39 is 24.5 Å². The maximum absolute atomic E-state index is 12.4. The lowest BCUT2D eigenvalue weighted by Crippen LogP contribution is -2.62. The maximum atomic E-state index is 12.4. The van der Waals surface area contributed by atoms with Crippen LogP contribution < -0.4 is 20.1 Å². The third-order valence-corrected chi connectivity index (χ3v) is 6.70. The van der Waals surface area contributed by atoms with Crippen molar-refractivity contribution in [3.63, 3.8) is 0 Å². The highest BCUT2D eigenvalue weighted by atomic mass is 16.5. The number of nitrogens with one attached hydrogen (secondary N) is 2. The molecule has 8 heteroatoms. The number of hydrogen-bond donors (Lipinski definition) is 2. The minimum Gasteiger partial charge on any atom is -0.493 e. The lowest BCUT2D eigenvalue weighted by Gasteiger charge is -2.56. The molecule has 0 radical (unpaired) electrons. The number of urea groups is 1. The molecule has 4 aliphatic carbocycles. The molecule has 0 spiro atoms. The average molecular weight is 431 g/mol. The Kier molecular flexibility index (Phi) is 6.07. The Hall–Kier alpha value is -2.77. The van der Waals surface area contributed by atoms with E-state index in [2.05, 4.69) is 10.6 Å². The van der Waals surface area contributed by atoms with Crippen molar-refractivity contribution >= 4 is 17.9 Å². The van der Waals surface area contributed by atoms with Crippen LogP contribution in [0.3, 0.4) is 0 Å². The molecule has 4 bridgehead atoms. The van der Waals surface area contributed by atoms with E-state index >= 15 is 0 Å². The molecule has 0 saturated heterocycles. The fraction of sp³-hybridized carbons (Fsp3) is 0.609. The first-order valence-electron chi connectivity index (χ1n) is 11.0. The second-order valence-electron chi connectivity index (χ2n) is 9.07. The monoisotopic (exact) mass is 430 g/mol. The van der Waals surface area contributed by atoms with Gasteiger partial charge in [0.05, 0.1) is 19.3 Å². The third-order valence-electron chi connectivity index (χ3n) is 6.70. The van der Waals surface area contributed by atoms with Crippen LogP contribution >= 0.6 is 0 Å². The number of methoxy groups -OCH3 is 1. The zero-order valence-corrected chi connectivity index (χ0v) is 18.1. The Morgan fingerprint density at radius 2 is 1.68 bits per heavy atom. The number of rotatable bonds is 7. The Labute approximate surface area is 182 Å². The third kappa shape index (κ3) is 4.78. The van der Waals surface area contributed by atoms with Crippen molar-refractivity contribution in [3.8, 4) is 11.5 Å². The molecule has 31 heavy (non-hydrogen) atoms. The molecule has 0 aliphatic heterocycles. The molecule has 8 nitrogen and oxygen atoms in total. The molecule has 3 amide bonds. The number of benzene rings is 1. The first kappa shape index (κ1) is 21.5. The Balaban J connectivity index is 1.27. The standard InChI is InChI=1S/C23H30N2O6/c1-3-30-19-9-17(4-5-18(19)29-2)21(27)31-13-20(26)24-22(28)25-23-10-14-6-15(11-23)8-16(7-14)12-23/h4-5,9,14-16H,3,6-8,10-13H2,1-2H3,(H2,24,25,26,28). The highest BCUT2D eigenvalue weighted by Gasteiger charge is 2.51. The van der Waals surface area contributed by atoms with Gasteiger partial charge >= 0.3 is 12.0 Å². The smallest absolute Gasteiger partial charge is 0.338 e. The van der Waals surface area contributed by atoms with Crippen molar-refractivity contribution in [1.82, 2.24) is 10.6 Å². The second-order valence-corrected chi connectivity index (χ2v) is 9.07. The molecular weight excluding hydrogens is 400 g/mol. The number of imide groups is 1. The van der Waals surface area contributed by atoms with Gasteiger partial charge in [0, 0.05) is 5.54 Å². The highest BCUT2D eigenvalue weighted by molar-refractivity contribution is 5.97. The number of carbonyl (C=O) groups excluding carboxylic acids is 3. The average Bonchev–Trinajstić information content (AvgIpc) is 2.70. The summed E-state index contributed by atoms with van der Waals surface area (Å²) >= 11 is 0. The molecule has 0 atom stereocenters. The van der Waals surface area contributed by atoms with Gasteiger partial charge in [-0.1, -0.05) is 0 Å². The van der Waals surface area contributed by atoms with Gasteiger partial charge in [0.25, 0.3) is 5.91 Å². The van der Waals surface area contributed by atoms with Gasteiger partial charge in [0.1, 0.15) is 0 Å². The zero-order chi connectivity index (χ0) is 22.0. The summed E-state index contributed by atoms with van der Waals surface area (Å²) in [6.45, 7) is 1.70. The predicted molar refractivity (Wildman–Crippen MR) is 112 cm³/mol. The van der Waals surface area contributed by atoms with Gasteiger partial charge in [-0.25, -0.2) is 9.59 Å². The molecule has 4 fully saturated rings. The van der Waals surface area contributed by atoms with Gasteiger partial charge in [-0.15, -0.1) is 0 Å². The van der Waals surface area contributed by atoms with E-state index in [0.29, 0.717) is 35.9 Å².